The summed E-state index contributed by atoms with van der Waals surface area (Å²) < 4.78 is 36.8. The van der Waals surface area contributed by atoms with Gasteiger partial charge in [-0.15, -0.1) is 0 Å². The van der Waals surface area contributed by atoms with Gasteiger partial charge in [-0.3, -0.25) is 0 Å². The van der Waals surface area contributed by atoms with Crippen molar-refractivity contribution < 1.29 is 18.3 Å². The molecule has 1 heterocycles. The summed E-state index contributed by atoms with van der Waals surface area (Å²) in [6.07, 6.45) is -3.86. The fourth-order valence-electron chi connectivity index (χ4n) is 2.52. The first-order valence-electron chi connectivity index (χ1n) is 7.05. The molecule has 2 N–H and O–H groups in total. The highest BCUT2D eigenvalue weighted by Crippen LogP contribution is 2.24. The minimum absolute atomic E-state index is 0.299. The van der Waals surface area contributed by atoms with Gasteiger partial charge in [0.05, 0.1) is 0 Å². The molecule has 0 aromatic heterocycles. The number of hydrogen-bond acceptors (Lipinski definition) is 3. The van der Waals surface area contributed by atoms with Crippen molar-refractivity contribution in [2.45, 2.75) is 51.4 Å². The molecule has 0 bridgehead atoms. The summed E-state index contributed by atoms with van der Waals surface area (Å²) in [5.41, 5.74) is 0. The molecule has 2 unspecified atom stereocenters. The van der Waals surface area contributed by atoms with Crippen molar-refractivity contribution in [2.75, 3.05) is 26.2 Å². The Morgan fingerprint density at radius 2 is 1.89 bits per heavy atom. The van der Waals surface area contributed by atoms with Crippen molar-refractivity contribution in [3.8, 4) is 0 Å². The summed E-state index contributed by atoms with van der Waals surface area (Å²) in [5.74, 6) is 0.519. The summed E-state index contributed by atoms with van der Waals surface area (Å²) in [5, 5.41) is 12.5. The molecule has 1 saturated heterocycles. The average Bonchev–Trinajstić information content (AvgIpc) is 2.35. The third kappa shape index (κ3) is 5.67. The summed E-state index contributed by atoms with van der Waals surface area (Å²) >= 11 is 0. The molecule has 0 aromatic carbocycles. The standard InChI is InChI=1S/C13H25F3N2O/c1-3-6-17-10(2)11-4-7-18(8-5-11)9-12(19)13(14,15)16/h10-12,17,19H,3-9H2,1-2H3. The Morgan fingerprint density at radius 3 is 2.37 bits per heavy atom. The molecule has 1 aliphatic heterocycles. The van der Waals surface area contributed by atoms with Gasteiger partial charge < -0.3 is 15.3 Å². The zero-order valence-corrected chi connectivity index (χ0v) is 11.7. The Kier molecular flexibility index (Phi) is 6.56. The van der Waals surface area contributed by atoms with Crippen LogP contribution in [0.15, 0.2) is 0 Å². The molecule has 1 rings (SSSR count). The summed E-state index contributed by atoms with van der Waals surface area (Å²) in [4.78, 5) is 1.71. The number of alkyl halides is 3. The number of aliphatic hydroxyl groups excluding tert-OH is 1. The number of nitrogens with one attached hydrogen (secondary N) is 1. The Morgan fingerprint density at radius 1 is 1.32 bits per heavy atom. The van der Waals surface area contributed by atoms with Crippen LogP contribution in [0.25, 0.3) is 0 Å². The van der Waals surface area contributed by atoms with Gasteiger partial charge in [-0.05, 0) is 51.7 Å². The highest BCUT2D eigenvalue weighted by molar-refractivity contribution is 4.81. The van der Waals surface area contributed by atoms with Crippen LogP contribution < -0.4 is 5.32 Å². The lowest BCUT2D eigenvalue weighted by atomic mass is 9.90. The third-order valence-electron chi connectivity index (χ3n) is 3.86. The van der Waals surface area contributed by atoms with Crippen LogP contribution in [0.3, 0.4) is 0 Å². The van der Waals surface area contributed by atoms with Crippen molar-refractivity contribution in [1.29, 1.82) is 0 Å². The van der Waals surface area contributed by atoms with Crippen molar-refractivity contribution in [1.82, 2.24) is 10.2 Å². The van der Waals surface area contributed by atoms with Gasteiger partial charge in [0.15, 0.2) is 6.10 Å². The fraction of sp³-hybridized carbons (Fsp3) is 1.00. The molecule has 19 heavy (non-hydrogen) atoms. The zero-order valence-electron chi connectivity index (χ0n) is 11.7. The predicted octanol–water partition coefficient (Wildman–Crippen LogP) is 2.01. The number of β-amino-alcohol motifs (C(OH)–C–C–N with tert-alkyl or cyclic N) is 1. The molecule has 1 fully saturated rings. The van der Waals surface area contributed by atoms with E-state index in [1.165, 1.54) is 0 Å². The Hall–Kier alpha value is -0.330. The molecule has 0 amide bonds. The van der Waals surface area contributed by atoms with Crippen molar-refractivity contribution in [2.24, 2.45) is 5.92 Å². The SMILES string of the molecule is CCCNC(C)C1CCN(CC(O)C(F)(F)F)CC1. The predicted molar refractivity (Wildman–Crippen MR) is 69.0 cm³/mol. The monoisotopic (exact) mass is 282 g/mol. The van der Waals surface area contributed by atoms with Crippen molar-refractivity contribution in [3.63, 3.8) is 0 Å². The van der Waals surface area contributed by atoms with Crippen LogP contribution in [0.4, 0.5) is 13.2 Å². The number of hydrogen-bond donors (Lipinski definition) is 2. The third-order valence-corrected chi connectivity index (χ3v) is 3.86. The van der Waals surface area contributed by atoms with E-state index in [2.05, 4.69) is 19.2 Å². The van der Waals surface area contributed by atoms with E-state index in [0.29, 0.717) is 25.0 Å². The van der Waals surface area contributed by atoms with Gasteiger partial charge in [0, 0.05) is 12.6 Å². The zero-order chi connectivity index (χ0) is 14.5. The van der Waals surface area contributed by atoms with Crippen molar-refractivity contribution in [3.05, 3.63) is 0 Å². The molecule has 3 nitrogen and oxygen atoms in total. The van der Waals surface area contributed by atoms with E-state index >= 15 is 0 Å². The number of nitrogens with zero attached hydrogens (tertiary/aromatic N) is 1. The van der Waals surface area contributed by atoms with Gasteiger partial charge >= 0.3 is 6.18 Å². The topological polar surface area (TPSA) is 35.5 Å². The molecule has 1 aliphatic rings. The first-order valence-corrected chi connectivity index (χ1v) is 7.05. The number of halogens is 3. The maximum atomic E-state index is 12.3. The Balaban J connectivity index is 2.29. The number of rotatable bonds is 6. The Labute approximate surface area is 113 Å². The minimum atomic E-state index is -4.51. The van der Waals surface area contributed by atoms with Crippen LogP contribution in [-0.2, 0) is 0 Å². The molecule has 6 heteroatoms. The van der Waals surface area contributed by atoms with Crippen LogP contribution in [0.1, 0.15) is 33.1 Å². The lowest BCUT2D eigenvalue weighted by molar-refractivity contribution is -0.208. The normalized spacial score (nSPS) is 22.4. The van der Waals surface area contributed by atoms with E-state index in [1.807, 2.05) is 0 Å². The molecule has 0 aromatic rings. The van der Waals surface area contributed by atoms with Crippen LogP contribution >= 0.6 is 0 Å². The van der Waals surface area contributed by atoms with Gasteiger partial charge in [-0.1, -0.05) is 6.92 Å². The maximum Gasteiger partial charge on any atom is 0.415 e. The number of aliphatic hydroxyl groups is 1. The van der Waals surface area contributed by atoms with Gasteiger partial charge in [-0.25, -0.2) is 0 Å². The molecule has 0 radical (unpaired) electrons. The summed E-state index contributed by atoms with van der Waals surface area (Å²) in [7, 11) is 0. The number of piperidine rings is 1. The van der Waals surface area contributed by atoms with Crippen LogP contribution in [0.2, 0.25) is 0 Å². The largest absolute Gasteiger partial charge is 0.415 e. The molecule has 2 atom stereocenters. The maximum absolute atomic E-state index is 12.3. The van der Waals surface area contributed by atoms with E-state index < -0.39 is 12.3 Å². The second-order valence-corrected chi connectivity index (χ2v) is 5.44. The molecule has 114 valence electrons. The van der Waals surface area contributed by atoms with Crippen LogP contribution in [0, 0.1) is 5.92 Å². The second-order valence-electron chi connectivity index (χ2n) is 5.44. The lowest BCUT2D eigenvalue weighted by Crippen LogP contribution is -2.47. The average molecular weight is 282 g/mol. The van der Waals surface area contributed by atoms with E-state index in [0.717, 1.165) is 25.8 Å². The minimum Gasteiger partial charge on any atom is -0.382 e. The molecule has 0 aliphatic carbocycles. The Bertz CT molecular complexity index is 253. The first-order chi connectivity index (χ1) is 8.84. The highest BCUT2D eigenvalue weighted by Gasteiger charge is 2.39. The fourth-order valence-corrected chi connectivity index (χ4v) is 2.52. The quantitative estimate of drug-likeness (QED) is 0.782. The van der Waals surface area contributed by atoms with E-state index in [4.69, 9.17) is 5.11 Å². The molecular formula is C13H25F3N2O. The van der Waals surface area contributed by atoms with Crippen LogP contribution in [-0.4, -0.2) is 54.5 Å². The molecular weight excluding hydrogens is 257 g/mol. The first kappa shape index (κ1) is 16.7. The summed E-state index contributed by atoms with van der Waals surface area (Å²) in [6.45, 7) is 6.20. The van der Waals surface area contributed by atoms with Gasteiger partial charge in [0.25, 0.3) is 0 Å². The molecule has 0 spiro atoms. The smallest absolute Gasteiger partial charge is 0.382 e. The molecule has 0 saturated carbocycles. The van der Waals surface area contributed by atoms with Crippen LogP contribution in [0.5, 0.6) is 0 Å². The second kappa shape index (κ2) is 7.45. The van der Waals surface area contributed by atoms with Gasteiger partial charge in [-0.2, -0.15) is 13.2 Å². The number of likely N-dealkylation sites (tertiary alicyclic amines) is 1. The lowest BCUT2D eigenvalue weighted by Gasteiger charge is -2.36. The van der Waals surface area contributed by atoms with E-state index in [9.17, 15) is 13.2 Å². The van der Waals surface area contributed by atoms with E-state index in [-0.39, 0.29) is 6.54 Å². The van der Waals surface area contributed by atoms with Gasteiger partial charge in [0.1, 0.15) is 0 Å². The summed E-state index contributed by atoms with van der Waals surface area (Å²) in [6, 6.07) is 0.412. The van der Waals surface area contributed by atoms with E-state index in [1.54, 1.807) is 4.90 Å². The van der Waals surface area contributed by atoms with Gasteiger partial charge in [0.2, 0.25) is 0 Å². The highest BCUT2D eigenvalue weighted by atomic mass is 19.4. The van der Waals surface area contributed by atoms with Crippen molar-refractivity contribution >= 4 is 0 Å².